The van der Waals surface area contributed by atoms with Gasteiger partial charge in [-0.05, 0) is 55.5 Å². The van der Waals surface area contributed by atoms with E-state index in [9.17, 15) is 13.2 Å². The minimum atomic E-state index is -1.27. The van der Waals surface area contributed by atoms with Crippen LogP contribution in [0, 0.1) is 30.2 Å². The number of ether oxygens (including phenoxy) is 1. The maximum atomic E-state index is 15.2. The Balaban J connectivity index is 1.68. The van der Waals surface area contributed by atoms with Crippen molar-refractivity contribution in [2.24, 2.45) is 0 Å². The number of hydrogen-bond acceptors (Lipinski definition) is 3. The Hall–Kier alpha value is -2.97. The standard InChI is InChI=1S/C28H23ClF4N2OS/c1-15-5-3-7-20(30)18(15)14-37-28-34-24-8-4-6-17(16-9-10-19(29)26(11-16)36-2)27(24)35(28)25-13-22(32)21(31)12-23(25)33/h3,5,7,9-13,17H,4,6,8,14H2,1-2H3. The molecule has 1 heterocycles. The summed E-state index contributed by atoms with van der Waals surface area (Å²) in [5.74, 6) is -3.19. The number of imidazole rings is 1. The van der Waals surface area contributed by atoms with Crippen molar-refractivity contribution >= 4 is 23.4 Å². The maximum Gasteiger partial charge on any atom is 0.173 e. The number of methoxy groups -OCH3 is 1. The molecule has 0 fully saturated rings. The molecule has 0 bridgehead atoms. The van der Waals surface area contributed by atoms with Crippen molar-refractivity contribution in [3.05, 3.63) is 105 Å². The molecular weight excluding hydrogens is 524 g/mol. The monoisotopic (exact) mass is 546 g/mol. The molecule has 3 aromatic carbocycles. The largest absolute Gasteiger partial charge is 0.495 e. The van der Waals surface area contributed by atoms with Gasteiger partial charge in [-0.2, -0.15) is 0 Å². The Kier molecular flexibility index (Phi) is 7.23. The van der Waals surface area contributed by atoms with Gasteiger partial charge in [-0.1, -0.05) is 41.6 Å². The van der Waals surface area contributed by atoms with E-state index in [1.807, 2.05) is 25.1 Å². The molecule has 9 heteroatoms. The summed E-state index contributed by atoms with van der Waals surface area (Å²) in [7, 11) is 1.53. The zero-order chi connectivity index (χ0) is 26.3. The minimum absolute atomic E-state index is 0.145. The van der Waals surface area contributed by atoms with E-state index in [1.165, 1.54) is 24.9 Å². The van der Waals surface area contributed by atoms with E-state index in [4.69, 9.17) is 21.3 Å². The van der Waals surface area contributed by atoms with Gasteiger partial charge in [-0.3, -0.25) is 4.57 Å². The molecule has 0 N–H and O–H groups in total. The van der Waals surface area contributed by atoms with E-state index in [0.29, 0.717) is 39.7 Å². The van der Waals surface area contributed by atoms with Crippen LogP contribution in [0.3, 0.4) is 0 Å². The highest BCUT2D eigenvalue weighted by atomic mass is 35.5. The van der Waals surface area contributed by atoms with E-state index >= 15 is 4.39 Å². The summed E-state index contributed by atoms with van der Waals surface area (Å²) in [5.41, 5.74) is 3.45. The highest BCUT2D eigenvalue weighted by Gasteiger charge is 2.32. The number of benzene rings is 3. The summed E-state index contributed by atoms with van der Waals surface area (Å²) in [4.78, 5) is 4.79. The average Bonchev–Trinajstić information content (AvgIpc) is 3.24. The fraction of sp³-hybridized carbons (Fsp3) is 0.250. The Bertz CT molecular complexity index is 1470. The van der Waals surface area contributed by atoms with Gasteiger partial charge in [-0.25, -0.2) is 22.5 Å². The van der Waals surface area contributed by atoms with Gasteiger partial charge in [0.15, 0.2) is 16.8 Å². The van der Waals surface area contributed by atoms with Crippen LogP contribution < -0.4 is 4.74 Å². The SMILES string of the molecule is COc1cc(C2CCCc3nc(SCc4c(C)cccc4F)n(-c4cc(F)c(F)cc4F)c32)ccc1Cl. The summed E-state index contributed by atoms with van der Waals surface area (Å²) < 4.78 is 64.9. The van der Waals surface area contributed by atoms with Gasteiger partial charge in [0.05, 0.1) is 29.2 Å². The molecule has 0 spiro atoms. The predicted octanol–water partition coefficient (Wildman–Crippen LogP) is 8.16. The fourth-order valence-corrected chi connectivity index (χ4v) is 6.16. The maximum absolute atomic E-state index is 15.2. The van der Waals surface area contributed by atoms with Crippen molar-refractivity contribution in [3.8, 4) is 11.4 Å². The van der Waals surface area contributed by atoms with Crippen molar-refractivity contribution in [2.45, 2.75) is 43.0 Å². The Morgan fingerprint density at radius 3 is 2.57 bits per heavy atom. The van der Waals surface area contributed by atoms with Crippen LogP contribution in [0.25, 0.3) is 5.69 Å². The topological polar surface area (TPSA) is 27.1 Å². The molecule has 3 nitrogen and oxygen atoms in total. The Labute approximate surface area is 221 Å². The lowest BCUT2D eigenvalue weighted by Gasteiger charge is -2.26. The molecule has 192 valence electrons. The number of hydrogen-bond donors (Lipinski definition) is 0. The number of aromatic nitrogens is 2. The highest BCUT2D eigenvalue weighted by Crippen LogP contribution is 2.43. The second-order valence-corrected chi connectivity index (χ2v) is 10.3. The molecule has 5 rings (SSSR count). The lowest BCUT2D eigenvalue weighted by Crippen LogP contribution is -2.16. The summed E-state index contributed by atoms with van der Waals surface area (Å²) in [6.07, 6.45) is 2.20. The average molecular weight is 547 g/mol. The van der Waals surface area contributed by atoms with E-state index in [1.54, 1.807) is 16.7 Å². The zero-order valence-electron chi connectivity index (χ0n) is 20.1. The van der Waals surface area contributed by atoms with Crippen LogP contribution in [0.1, 0.15) is 46.8 Å². The highest BCUT2D eigenvalue weighted by molar-refractivity contribution is 7.98. The van der Waals surface area contributed by atoms with Gasteiger partial charge in [0, 0.05) is 29.4 Å². The Morgan fingerprint density at radius 1 is 1.03 bits per heavy atom. The molecule has 0 saturated heterocycles. The van der Waals surface area contributed by atoms with E-state index in [-0.39, 0.29) is 23.2 Å². The van der Waals surface area contributed by atoms with Crippen LogP contribution in [0.2, 0.25) is 5.02 Å². The number of aryl methyl sites for hydroxylation is 2. The quantitative estimate of drug-likeness (QED) is 0.139. The van der Waals surface area contributed by atoms with Gasteiger partial charge in [0.2, 0.25) is 0 Å². The molecule has 0 saturated carbocycles. The van der Waals surface area contributed by atoms with Crippen LogP contribution in [0.4, 0.5) is 17.6 Å². The molecule has 1 aliphatic rings. The van der Waals surface area contributed by atoms with Crippen LogP contribution >= 0.6 is 23.4 Å². The number of nitrogens with zero attached hydrogens (tertiary/aromatic N) is 2. The van der Waals surface area contributed by atoms with Crippen molar-refractivity contribution < 1.29 is 22.3 Å². The van der Waals surface area contributed by atoms with E-state index in [0.717, 1.165) is 35.7 Å². The third-order valence-electron chi connectivity index (χ3n) is 6.70. The molecule has 1 aromatic heterocycles. The lowest BCUT2D eigenvalue weighted by molar-refractivity contribution is 0.414. The van der Waals surface area contributed by atoms with E-state index < -0.39 is 17.5 Å². The first-order valence-corrected chi connectivity index (χ1v) is 13.1. The van der Waals surface area contributed by atoms with Crippen LogP contribution in [-0.4, -0.2) is 16.7 Å². The van der Waals surface area contributed by atoms with Gasteiger partial charge >= 0.3 is 0 Å². The van der Waals surface area contributed by atoms with Crippen molar-refractivity contribution in [1.82, 2.24) is 9.55 Å². The number of fused-ring (bicyclic) bond motifs is 1. The van der Waals surface area contributed by atoms with Crippen LogP contribution in [0.5, 0.6) is 5.75 Å². The van der Waals surface area contributed by atoms with Gasteiger partial charge in [0.25, 0.3) is 0 Å². The minimum Gasteiger partial charge on any atom is -0.495 e. The molecule has 1 aliphatic carbocycles. The second-order valence-electron chi connectivity index (χ2n) is 8.94. The molecule has 0 aliphatic heterocycles. The molecule has 1 unspecified atom stereocenters. The zero-order valence-corrected chi connectivity index (χ0v) is 21.7. The predicted molar refractivity (Wildman–Crippen MR) is 137 cm³/mol. The first-order valence-electron chi connectivity index (χ1n) is 11.7. The number of rotatable bonds is 6. The first-order chi connectivity index (χ1) is 17.8. The molecule has 37 heavy (non-hydrogen) atoms. The van der Waals surface area contributed by atoms with E-state index in [2.05, 4.69) is 0 Å². The van der Waals surface area contributed by atoms with Gasteiger partial charge in [-0.15, -0.1) is 0 Å². The van der Waals surface area contributed by atoms with Crippen LogP contribution in [-0.2, 0) is 12.2 Å². The van der Waals surface area contributed by atoms with Gasteiger partial charge in [0.1, 0.15) is 17.4 Å². The molecule has 0 amide bonds. The van der Waals surface area contributed by atoms with Crippen molar-refractivity contribution in [3.63, 3.8) is 0 Å². The Morgan fingerprint density at radius 2 is 1.81 bits per heavy atom. The normalized spacial score (nSPS) is 15.1. The second kappa shape index (κ2) is 10.4. The number of halogens is 5. The van der Waals surface area contributed by atoms with Gasteiger partial charge < -0.3 is 4.74 Å². The fourth-order valence-electron chi connectivity index (χ4n) is 4.82. The van der Waals surface area contributed by atoms with Crippen LogP contribution in [0.15, 0.2) is 53.7 Å². The summed E-state index contributed by atoms with van der Waals surface area (Å²) in [5, 5.41) is 0.837. The third kappa shape index (κ3) is 4.84. The summed E-state index contributed by atoms with van der Waals surface area (Å²) in [6, 6.07) is 11.7. The summed E-state index contributed by atoms with van der Waals surface area (Å²) >= 11 is 7.47. The summed E-state index contributed by atoms with van der Waals surface area (Å²) in [6.45, 7) is 1.81. The van der Waals surface area contributed by atoms with Crippen molar-refractivity contribution in [1.29, 1.82) is 0 Å². The number of thioether (sulfide) groups is 1. The lowest BCUT2D eigenvalue weighted by atomic mass is 9.84. The molecular formula is C28H23ClF4N2OS. The smallest absolute Gasteiger partial charge is 0.173 e. The van der Waals surface area contributed by atoms with Crippen molar-refractivity contribution in [2.75, 3.05) is 7.11 Å². The molecule has 1 atom stereocenters. The first kappa shape index (κ1) is 25.7. The molecule has 0 radical (unpaired) electrons. The third-order valence-corrected chi connectivity index (χ3v) is 7.98. The molecule has 4 aromatic rings.